The van der Waals surface area contributed by atoms with Gasteiger partial charge in [0.15, 0.2) is 69.6 Å². The molecule has 22 nitrogen and oxygen atoms in total. The maximum absolute atomic E-state index is 11.6. The lowest BCUT2D eigenvalue weighted by molar-refractivity contribution is -0.403. The number of aromatic amines is 4. The first-order valence-corrected chi connectivity index (χ1v) is 27.1. The fourth-order valence-corrected chi connectivity index (χ4v) is 7.59. The summed E-state index contributed by atoms with van der Waals surface area (Å²) in [6.45, 7) is 5.35. The molecule has 4 unspecified atom stereocenters. The number of hydrogen-bond acceptors (Lipinski definition) is 14. The van der Waals surface area contributed by atoms with Gasteiger partial charge in [-0.3, -0.25) is 19.6 Å². The van der Waals surface area contributed by atoms with Crippen molar-refractivity contribution in [3.8, 4) is 57.5 Å². The molecule has 0 amide bonds. The number of imidazole rings is 2. The number of quaternary nitrogens is 2. The van der Waals surface area contributed by atoms with Crippen molar-refractivity contribution >= 4 is 51.1 Å². The second kappa shape index (κ2) is 30.7. The van der Waals surface area contributed by atoms with Gasteiger partial charge in [0.2, 0.25) is 24.2 Å². The van der Waals surface area contributed by atoms with E-state index in [9.17, 15) is 28.5 Å². The predicted octanol–water partition coefficient (Wildman–Crippen LogP) is 5.31. The number of ketones is 2. The molecule has 0 spiro atoms. The number of hydrogen-bond donors (Lipinski definition) is 6. The van der Waals surface area contributed by atoms with Crippen LogP contribution in [0.1, 0.15) is 47.5 Å². The first-order valence-electron chi connectivity index (χ1n) is 23.1. The number of methoxy groups -OCH3 is 8. The van der Waals surface area contributed by atoms with Crippen molar-refractivity contribution in [2.24, 2.45) is 0 Å². The van der Waals surface area contributed by atoms with E-state index in [1.54, 1.807) is 106 Å². The van der Waals surface area contributed by atoms with E-state index < -0.39 is 15.2 Å². The lowest BCUT2D eigenvalue weighted by Crippen LogP contribution is -2.65. The van der Waals surface area contributed by atoms with Crippen LogP contribution in [-0.4, -0.2) is 114 Å². The summed E-state index contributed by atoms with van der Waals surface area (Å²) in [5.74, 6) is 4.58. The monoisotopic (exact) mass is 1100 g/mol. The molecule has 0 saturated heterocycles. The lowest BCUT2D eigenvalue weighted by Gasteiger charge is -2.13. The maximum Gasteiger partial charge on any atom is 0.373 e. The van der Waals surface area contributed by atoms with Crippen molar-refractivity contribution in [2.45, 2.75) is 38.8 Å². The Bertz CT molecular complexity index is 2690. The van der Waals surface area contributed by atoms with Crippen molar-refractivity contribution in [2.75, 3.05) is 70.2 Å². The number of benzene rings is 4. The molecule has 24 heteroatoms. The largest absolute Gasteiger partial charge is 0.493 e. The van der Waals surface area contributed by atoms with Crippen LogP contribution in [0.25, 0.3) is 24.3 Å². The highest BCUT2D eigenvalue weighted by Crippen LogP contribution is 2.45. The number of Topliss-reactive ketones (excluding diaryl/α,β-unsaturated/α-hetero) is 2. The molecular weight excluding hydrogens is 1030 g/mol. The molecule has 6 aromatic rings. The minimum atomic E-state index is -3.71. The fraction of sp³-hybridized carbons (Fsp3) is 0.308. The third-order valence-electron chi connectivity index (χ3n) is 10.5. The Hall–Kier alpha value is -7.58. The van der Waals surface area contributed by atoms with Gasteiger partial charge >= 0.3 is 15.2 Å². The van der Waals surface area contributed by atoms with E-state index >= 15 is 0 Å². The van der Waals surface area contributed by atoms with Gasteiger partial charge in [0, 0.05) is 27.2 Å². The summed E-state index contributed by atoms with van der Waals surface area (Å²) in [6.07, 6.45) is 15.8. The molecule has 76 heavy (non-hydrogen) atoms. The smallest absolute Gasteiger partial charge is 0.373 e. The molecule has 4 atom stereocenters. The highest BCUT2D eigenvalue weighted by molar-refractivity contribution is 7.52. The Kier molecular flexibility index (Phi) is 25.3. The van der Waals surface area contributed by atoms with Crippen molar-refractivity contribution in [1.29, 1.82) is 0 Å². The molecule has 0 aliphatic rings. The first-order chi connectivity index (χ1) is 36.0. The molecule has 0 saturated carbocycles. The average Bonchev–Trinajstić information content (AvgIpc) is 4.11. The van der Waals surface area contributed by atoms with Crippen LogP contribution in [0.15, 0.2) is 85.7 Å². The fourth-order valence-electron chi connectivity index (χ4n) is 6.57. The van der Waals surface area contributed by atoms with Gasteiger partial charge < -0.3 is 68.2 Å². The van der Waals surface area contributed by atoms with Crippen LogP contribution < -0.4 is 68.4 Å². The summed E-state index contributed by atoms with van der Waals surface area (Å²) in [4.78, 5) is 52.2. The normalized spacial score (nSPS) is 13.1. The number of H-pyrrole nitrogens is 4. The molecule has 0 bridgehead atoms. The highest BCUT2D eigenvalue weighted by Gasteiger charge is 2.20. The molecule has 412 valence electrons. The standard InChI is InChI=1S/2C19H23O7P.2C7H11N3O/c2*1-22-15-9-8-13(10-16(15)26-27(5,20)21)6-7-14-11-17(23-2)19(25-4)18(12-14)24-3;2*1-5(11)7(8)2-6-3-9-4-10-6/h2*6-12H,1-5H3,(H,20,21);2*3-4,7H,2,8H2,1H3,(H,9,10)/p+4/b2*7-6-;;. The van der Waals surface area contributed by atoms with Crippen LogP contribution in [0.3, 0.4) is 0 Å². The zero-order chi connectivity index (χ0) is 56.6. The Morgan fingerprint density at radius 1 is 0.500 bits per heavy atom. The highest BCUT2D eigenvalue weighted by atomic mass is 31.2. The van der Waals surface area contributed by atoms with Crippen LogP contribution in [-0.2, 0) is 31.6 Å². The van der Waals surface area contributed by atoms with Gasteiger partial charge in [0.05, 0.1) is 69.7 Å². The van der Waals surface area contributed by atoms with E-state index in [0.717, 1.165) is 47.0 Å². The van der Waals surface area contributed by atoms with Crippen LogP contribution >= 0.6 is 15.2 Å². The van der Waals surface area contributed by atoms with Gasteiger partial charge in [0.1, 0.15) is 23.8 Å². The third-order valence-corrected chi connectivity index (χ3v) is 11.6. The van der Waals surface area contributed by atoms with Gasteiger partial charge in [0.25, 0.3) is 0 Å². The molecule has 12 N–H and O–H groups in total. The van der Waals surface area contributed by atoms with Gasteiger partial charge in [-0.05, 0) is 70.8 Å². The number of carbonyl (C=O) groups excluding carboxylic acids is 2. The van der Waals surface area contributed by atoms with Crippen molar-refractivity contribution < 1.29 is 96.9 Å². The molecule has 0 fully saturated rings. The number of ether oxygens (including phenoxy) is 8. The Labute approximate surface area is 442 Å². The number of rotatable bonds is 22. The van der Waals surface area contributed by atoms with E-state index in [1.807, 2.05) is 61.0 Å². The topological polar surface area (TPSA) is 316 Å². The van der Waals surface area contributed by atoms with Crippen molar-refractivity contribution in [3.05, 3.63) is 119 Å². The molecule has 2 aromatic heterocycles. The van der Waals surface area contributed by atoms with E-state index in [4.69, 9.17) is 46.9 Å². The van der Waals surface area contributed by atoms with E-state index in [1.165, 1.54) is 14.2 Å². The Morgan fingerprint density at radius 2 is 0.789 bits per heavy atom. The zero-order valence-corrected chi connectivity index (χ0v) is 46.7. The predicted molar refractivity (Wildman–Crippen MR) is 286 cm³/mol. The first kappa shape index (κ1) is 62.7. The minimum Gasteiger partial charge on any atom is -0.493 e. The number of aromatic nitrogens is 4. The van der Waals surface area contributed by atoms with Crippen LogP contribution in [0.4, 0.5) is 0 Å². The van der Waals surface area contributed by atoms with Crippen LogP contribution in [0, 0.1) is 0 Å². The molecular formula is C52H72N6O16P2+4. The molecule has 4 aromatic carbocycles. The van der Waals surface area contributed by atoms with Crippen LogP contribution in [0.2, 0.25) is 0 Å². The molecule has 0 aliphatic carbocycles. The molecule has 6 rings (SSSR count). The Balaban J connectivity index is 0.000000289. The number of carbonyl (C=O) groups is 2. The molecule has 2 heterocycles. The van der Waals surface area contributed by atoms with Crippen LogP contribution in [0.5, 0.6) is 57.5 Å². The summed E-state index contributed by atoms with van der Waals surface area (Å²) in [5, 5.41) is 0. The van der Waals surface area contributed by atoms with E-state index in [-0.39, 0.29) is 35.1 Å². The quantitative estimate of drug-likeness (QED) is 0.0370. The van der Waals surface area contributed by atoms with Gasteiger partial charge in [-0.25, -0.2) is 19.1 Å². The van der Waals surface area contributed by atoms with E-state index in [2.05, 4.69) is 31.4 Å². The summed E-state index contributed by atoms with van der Waals surface area (Å²) in [5.41, 5.74) is 12.7. The van der Waals surface area contributed by atoms with Crippen molar-refractivity contribution in [1.82, 2.24) is 9.97 Å². The van der Waals surface area contributed by atoms with E-state index in [0.29, 0.717) is 58.8 Å². The zero-order valence-electron chi connectivity index (χ0n) is 44.9. The minimum absolute atomic E-state index is 0.125. The Morgan fingerprint density at radius 3 is 1.03 bits per heavy atom. The van der Waals surface area contributed by atoms with Crippen molar-refractivity contribution in [3.63, 3.8) is 0 Å². The van der Waals surface area contributed by atoms with Gasteiger partial charge in [-0.2, -0.15) is 0 Å². The summed E-state index contributed by atoms with van der Waals surface area (Å²) in [6, 6.07) is 17.2. The second-order valence-electron chi connectivity index (χ2n) is 16.5. The summed E-state index contributed by atoms with van der Waals surface area (Å²) >= 11 is 0. The third kappa shape index (κ3) is 21.0. The summed E-state index contributed by atoms with van der Waals surface area (Å²) < 4.78 is 75.7. The molecule has 0 aliphatic heterocycles. The van der Waals surface area contributed by atoms with Gasteiger partial charge in [-0.1, -0.05) is 36.4 Å². The maximum atomic E-state index is 11.6. The van der Waals surface area contributed by atoms with Gasteiger partial charge in [-0.15, -0.1) is 0 Å². The number of nitrogens with one attached hydrogen (secondary N) is 4. The lowest BCUT2D eigenvalue weighted by atomic mass is 10.1. The molecule has 0 radical (unpaired) electrons. The SMILES string of the molecule is CC(=O)C([NH3+])Cc1c[nH+]c[nH]1.CC(=O)C([NH3+])Cc1c[nH+]c[nH]1.COc1ccc(/C=C\c2cc(OC)c(OC)c(OC)c2)cc1OP(C)(=O)O.COc1ccc(/C=C\c2cc(OC)c(OC)c(OC)c2)cc1OP(C)(=O)O. The second-order valence-corrected chi connectivity index (χ2v) is 20.0. The summed E-state index contributed by atoms with van der Waals surface area (Å²) in [7, 11) is 4.81. The average molecular weight is 1100 g/mol.